The van der Waals surface area contributed by atoms with E-state index >= 15 is 0 Å². The van der Waals surface area contributed by atoms with E-state index in [4.69, 9.17) is 14.2 Å². The van der Waals surface area contributed by atoms with Crippen LogP contribution in [0.2, 0.25) is 0 Å². The number of aromatic nitrogens is 4. The minimum Gasteiger partial charge on any atom is -0.389 e. The summed E-state index contributed by atoms with van der Waals surface area (Å²) in [7, 11) is 0. The number of nitrogens with zero attached hydrogens (tertiary/aromatic N) is 7. The molecule has 11 nitrogen and oxygen atoms in total. The maximum absolute atomic E-state index is 13.8. The van der Waals surface area contributed by atoms with E-state index in [-0.39, 0.29) is 22.7 Å². The number of fused-ring (bicyclic) bond motifs is 1. The van der Waals surface area contributed by atoms with Gasteiger partial charge in [-0.2, -0.15) is 18.3 Å². The molecule has 0 aliphatic carbocycles. The van der Waals surface area contributed by atoms with E-state index in [1.807, 2.05) is 18.2 Å². The number of pyridine rings is 1. The van der Waals surface area contributed by atoms with E-state index in [9.17, 15) is 23.8 Å². The molecule has 0 amide bonds. The summed E-state index contributed by atoms with van der Waals surface area (Å²) < 4.78 is 60.4. The molecule has 0 saturated carbocycles. The van der Waals surface area contributed by atoms with Crippen molar-refractivity contribution < 1.29 is 32.5 Å². The van der Waals surface area contributed by atoms with Crippen molar-refractivity contribution in [1.82, 2.24) is 19.7 Å². The molecular formula is C22H19BrF3N7O4. The fourth-order valence-corrected chi connectivity index (χ4v) is 4.72. The zero-order chi connectivity index (χ0) is 26.3. The van der Waals surface area contributed by atoms with Crippen LogP contribution in [0.15, 0.2) is 52.2 Å². The molecule has 1 N–H and O–H groups in total. The molecule has 2 fully saturated rings. The summed E-state index contributed by atoms with van der Waals surface area (Å²) in [6.07, 6.45) is -9.13. The summed E-state index contributed by atoms with van der Waals surface area (Å²) in [6, 6.07) is 9.08. The fraction of sp³-hybridized carbons (Fsp3) is 0.409. The molecule has 15 heteroatoms. The molecule has 3 aromatic rings. The Morgan fingerprint density at radius 1 is 1.24 bits per heavy atom. The summed E-state index contributed by atoms with van der Waals surface area (Å²) in [5.74, 6) is -0.00110. The van der Waals surface area contributed by atoms with Gasteiger partial charge in [-0.1, -0.05) is 35.4 Å². The van der Waals surface area contributed by atoms with Crippen molar-refractivity contribution >= 4 is 15.9 Å². The van der Waals surface area contributed by atoms with Crippen LogP contribution in [0.25, 0.3) is 16.1 Å². The Bertz CT molecular complexity index is 1340. The molecule has 2 aliphatic rings. The molecule has 4 heterocycles. The zero-order valence-corrected chi connectivity index (χ0v) is 20.6. The van der Waals surface area contributed by atoms with Crippen LogP contribution < -0.4 is 0 Å². The van der Waals surface area contributed by atoms with Crippen LogP contribution in [-0.4, -0.2) is 55.8 Å². The highest BCUT2D eigenvalue weighted by Crippen LogP contribution is 2.41. The second-order valence-corrected chi connectivity index (χ2v) is 9.32. The highest BCUT2D eigenvalue weighted by atomic mass is 79.9. The number of aliphatic hydroxyl groups is 1. The van der Waals surface area contributed by atoms with Crippen molar-refractivity contribution in [2.24, 2.45) is 5.11 Å². The lowest BCUT2D eigenvalue weighted by atomic mass is 9.91. The van der Waals surface area contributed by atoms with Crippen molar-refractivity contribution in [3.8, 4) is 5.69 Å². The number of hydrogen-bond donors (Lipinski definition) is 1. The number of azide groups is 1. The first-order valence-electron chi connectivity index (χ1n) is 11.0. The molecule has 1 aromatic carbocycles. The van der Waals surface area contributed by atoms with Gasteiger partial charge < -0.3 is 19.3 Å². The van der Waals surface area contributed by atoms with Crippen LogP contribution in [0.5, 0.6) is 0 Å². The van der Waals surface area contributed by atoms with E-state index in [1.54, 1.807) is 12.1 Å². The minimum atomic E-state index is -4.80. The molecule has 6 atom stereocenters. The smallest absolute Gasteiger partial charge is 0.389 e. The van der Waals surface area contributed by atoms with E-state index < -0.39 is 54.3 Å². The van der Waals surface area contributed by atoms with Crippen LogP contribution in [-0.2, 0) is 20.4 Å². The number of aryl methyl sites for hydroxylation is 1. The lowest BCUT2D eigenvalue weighted by Gasteiger charge is -2.46. The van der Waals surface area contributed by atoms with Crippen molar-refractivity contribution in [1.29, 1.82) is 0 Å². The van der Waals surface area contributed by atoms with Gasteiger partial charge in [0.15, 0.2) is 17.8 Å². The Morgan fingerprint density at radius 3 is 2.70 bits per heavy atom. The molecule has 2 aliphatic heterocycles. The van der Waals surface area contributed by atoms with E-state index in [1.165, 1.54) is 13.0 Å². The van der Waals surface area contributed by atoms with Crippen LogP contribution in [0.3, 0.4) is 0 Å². The number of hydrogen-bond acceptors (Lipinski definition) is 8. The third-order valence-corrected chi connectivity index (χ3v) is 6.39. The van der Waals surface area contributed by atoms with Gasteiger partial charge in [-0.25, -0.2) is 14.6 Å². The maximum Gasteiger partial charge on any atom is 0.435 e. The Morgan fingerprint density at radius 2 is 2.00 bits per heavy atom. The second-order valence-electron chi connectivity index (χ2n) is 8.41. The van der Waals surface area contributed by atoms with Gasteiger partial charge in [-0.05, 0) is 34.5 Å². The summed E-state index contributed by atoms with van der Waals surface area (Å²) in [5.41, 5.74) is 8.30. The van der Waals surface area contributed by atoms with Crippen LogP contribution in [0.4, 0.5) is 13.2 Å². The number of halogens is 4. The third-order valence-electron chi connectivity index (χ3n) is 5.96. The first-order chi connectivity index (χ1) is 17.7. The number of ether oxygens (including phenoxy) is 3. The van der Waals surface area contributed by atoms with Gasteiger partial charge in [0.25, 0.3) is 0 Å². The number of alkyl halides is 3. The standard InChI is InChI=1S/C22H19BrF3N7O4/c1-10-29-20(33(31-10)13-7-12(23)8-28-19(13)22(24,25)26)18-16(34)15(30-32-27)17-14(36-18)9-35-21(37-17)11-5-3-2-4-6-11/h2-8,14-18,21,34H,9H2,1H3/t14?,15-,16?,17+,18-,21?/m1/s1. The lowest BCUT2D eigenvalue weighted by molar-refractivity contribution is -0.309. The van der Waals surface area contributed by atoms with Crippen molar-refractivity contribution in [2.75, 3.05) is 6.61 Å². The molecule has 194 valence electrons. The SMILES string of the molecule is Cc1nc([C@@H]2OC3COC(c4ccccc4)O[C@@H]3[C@H](N=[N+]=[N-])C2O)n(-c2cc(Br)cnc2C(F)(F)F)n1. The van der Waals surface area contributed by atoms with Gasteiger partial charge in [-0.15, -0.1) is 0 Å². The van der Waals surface area contributed by atoms with Gasteiger partial charge in [-0.3, -0.25) is 0 Å². The van der Waals surface area contributed by atoms with Gasteiger partial charge in [0, 0.05) is 21.1 Å². The van der Waals surface area contributed by atoms with Gasteiger partial charge in [0.05, 0.1) is 24.4 Å². The van der Waals surface area contributed by atoms with Crippen molar-refractivity contribution in [3.05, 3.63) is 80.4 Å². The number of benzene rings is 1. The molecule has 0 spiro atoms. The van der Waals surface area contributed by atoms with Crippen molar-refractivity contribution in [3.63, 3.8) is 0 Å². The van der Waals surface area contributed by atoms with Crippen LogP contribution in [0, 0.1) is 6.92 Å². The highest BCUT2D eigenvalue weighted by molar-refractivity contribution is 9.10. The molecule has 37 heavy (non-hydrogen) atoms. The predicted molar refractivity (Wildman–Crippen MR) is 123 cm³/mol. The fourth-order valence-electron chi connectivity index (χ4n) is 4.40. The Balaban J connectivity index is 1.53. The van der Waals surface area contributed by atoms with E-state index in [2.05, 4.69) is 41.0 Å². The average Bonchev–Trinajstić information content (AvgIpc) is 3.26. The normalized spacial score (nSPS) is 27.8. The molecule has 0 bridgehead atoms. The maximum atomic E-state index is 13.8. The van der Waals surface area contributed by atoms with Crippen LogP contribution in [0.1, 0.15) is 35.3 Å². The predicted octanol–water partition coefficient (Wildman–Crippen LogP) is 4.35. The summed E-state index contributed by atoms with van der Waals surface area (Å²) >= 11 is 3.14. The quantitative estimate of drug-likeness (QED) is 0.274. The summed E-state index contributed by atoms with van der Waals surface area (Å²) in [6.45, 7) is 1.49. The molecule has 5 rings (SSSR count). The zero-order valence-electron chi connectivity index (χ0n) is 19.0. The third kappa shape index (κ3) is 4.93. The first kappa shape index (κ1) is 25.6. The topological polar surface area (TPSA) is 140 Å². The Labute approximate surface area is 215 Å². The Kier molecular flexibility index (Phi) is 6.91. The molecule has 0 radical (unpaired) electrons. The average molecular weight is 582 g/mol. The minimum absolute atomic E-state index is 0.00422. The van der Waals surface area contributed by atoms with Crippen LogP contribution >= 0.6 is 15.9 Å². The summed E-state index contributed by atoms with van der Waals surface area (Å²) in [5, 5.41) is 19.1. The highest BCUT2D eigenvalue weighted by Gasteiger charge is 2.51. The molecular weight excluding hydrogens is 563 g/mol. The largest absolute Gasteiger partial charge is 0.435 e. The Hall–Kier alpha value is -3.07. The monoisotopic (exact) mass is 581 g/mol. The molecule has 2 aromatic heterocycles. The first-order valence-corrected chi connectivity index (χ1v) is 11.8. The second kappa shape index (κ2) is 10.0. The van der Waals surface area contributed by atoms with Gasteiger partial charge >= 0.3 is 6.18 Å². The van der Waals surface area contributed by atoms with E-state index in [0.29, 0.717) is 0 Å². The lowest BCUT2D eigenvalue weighted by Crippen LogP contribution is -2.58. The number of rotatable bonds is 4. The molecule has 3 unspecified atom stereocenters. The van der Waals surface area contributed by atoms with Gasteiger partial charge in [0.1, 0.15) is 24.1 Å². The molecule has 2 saturated heterocycles. The summed E-state index contributed by atoms with van der Waals surface area (Å²) in [4.78, 5) is 10.6. The van der Waals surface area contributed by atoms with Crippen molar-refractivity contribution in [2.45, 2.75) is 49.8 Å². The number of aliphatic hydroxyl groups excluding tert-OH is 1. The van der Waals surface area contributed by atoms with E-state index in [0.717, 1.165) is 16.4 Å². The van der Waals surface area contributed by atoms with Gasteiger partial charge in [0.2, 0.25) is 0 Å².